The van der Waals surface area contributed by atoms with Crippen LogP contribution < -0.4 is 5.56 Å². The van der Waals surface area contributed by atoms with Gasteiger partial charge >= 0.3 is 5.97 Å². The number of hydrogen-bond donors (Lipinski definition) is 2. The van der Waals surface area contributed by atoms with E-state index in [-0.39, 0.29) is 29.9 Å². The van der Waals surface area contributed by atoms with Crippen LogP contribution in [0.5, 0.6) is 0 Å². The van der Waals surface area contributed by atoms with Crippen LogP contribution in [0.3, 0.4) is 0 Å². The Morgan fingerprint density at radius 3 is 2.88 bits per heavy atom. The van der Waals surface area contributed by atoms with E-state index >= 15 is 0 Å². The van der Waals surface area contributed by atoms with Crippen molar-refractivity contribution in [2.75, 3.05) is 13.1 Å². The topological polar surface area (TPSA) is 86.3 Å². The molecule has 1 saturated heterocycles. The number of aryl methyl sites for hydroxylation is 1. The van der Waals surface area contributed by atoms with Crippen molar-refractivity contribution in [3.63, 3.8) is 0 Å². The summed E-state index contributed by atoms with van der Waals surface area (Å²) in [5.74, 6) is 0.242. The summed E-state index contributed by atoms with van der Waals surface area (Å²) in [5.41, 5.74) is 1.14. The van der Waals surface area contributed by atoms with E-state index in [1.54, 1.807) is 11.3 Å². The monoisotopic (exact) mass is 397 g/mol. The zero-order chi connectivity index (χ0) is 17.7. The first-order valence-electron chi connectivity index (χ1n) is 8.95. The van der Waals surface area contributed by atoms with Crippen molar-refractivity contribution in [2.24, 2.45) is 11.8 Å². The van der Waals surface area contributed by atoms with Gasteiger partial charge in [-0.3, -0.25) is 14.5 Å². The van der Waals surface area contributed by atoms with Crippen molar-refractivity contribution < 1.29 is 9.90 Å². The minimum absolute atomic E-state index is 0. The number of aromatic nitrogens is 2. The van der Waals surface area contributed by atoms with Gasteiger partial charge in [0.25, 0.3) is 5.56 Å². The van der Waals surface area contributed by atoms with Crippen molar-refractivity contribution in [1.82, 2.24) is 14.9 Å². The lowest BCUT2D eigenvalue weighted by atomic mass is 9.89. The van der Waals surface area contributed by atoms with E-state index in [0.29, 0.717) is 24.7 Å². The van der Waals surface area contributed by atoms with Crippen LogP contribution in [0.2, 0.25) is 0 Å². The lowest BCUT2D eigenvalue weighted by molar-refractivity contribution is -0.141. The first kappa shape index (κ1) is 19.3. The second-order valence-electron chi connectivity index (χ2n) is 7.48. The number of hydrogen-bond acceptors (Lipinski definition) is 5. The Morgan fingerprint density at radius 2 is 2.19 bits per heavy atom. The third-order valence-corrected chi connectivity index (χ3v) is 6.84. The van der Waals surface area contributed by atoms with Crippen molar-refractivity contribution in [3.8, 4) is 0 Å². The Bertz CT molecular complexity index is 894. The van der Waals surface area contributed by atoms with Gasteiger partial charge in [0, 0.05) is 11.4 Å². The zero-order valence-corrected chi connectivity index (χ0v) is 16.6. The largest absolute Gasteiger partial charge is 0.481 e. The maximum absolute atomic E-state index is 12.7. The number of carbonyl (C=O) groups is 1. The molecular weight excluding hydrogens is 374 g/mol. The first-order chi connectivity index (χ1) is 11.9. The standard InChI is InChI=1S/C18H23N3O3S.ClH/c1-9-3-4-12-13(7-9)25-17-14(12)16(22)19-15(20-17)10(2)21-6-5-11(8-21)18(23)24;/h9-11H,3-8H2,1-2H3,(H,23,24)(H,19,20,22);1H. The van der Waals surface area contributed by atoms with Crippen molar-refractivity contribution in [2.45, 2.75) is 45.6 Å². The SMILES string of the molecule is CC1CCc2c(sc3nc(C(C)N4CCC(C(=O)O)C4)[nH]c(=O)c23)C1.Cl. The maximum Gasteiger partial charge on any atom is 0.307 e. The van der Waals surface area contributed by atoms with Gasteiger partial charge in [-0.1, -0.05) is 6.92 Å². The number of likely N-dealkylation sites (tertiary alicyclic amines) is 1. The molecule has 1 aliphatic heterocycles. The highest BCUT2D eigenvalue weighted by atomic mass is 35.5. The highest BCUT2D eigenvalue weighted by Crippen LogP contribution is 2.36. The summed E-state index contributed by atoms with van der Waals surface area (Å²) < 4.78 is 0. The van der Waals surface area contributed by atoms with Gasteiger partial charge in [-0.25, -0.2) is 4.98 Å². The molecule has 0 radical (unpaired) electrons. The van der Waals surface area contributed by atoms with E-state index in [1.807, 2.05) is 6.92 Å². The van der Waals surface area contributed by atoms with Gasteiger partial charge < -0.3 is 10.1 Å². The highest BCUT2D eigenvalue weighted by molar-refractivity contribution is 7.18. The predicted octanol–water partition coefficient (Wildman–Crippen LogP) is 3.00. The molecule has 0 aromatic carbocycles. The molecule has 2 aromatic heterocycles. The average molecular weight is 398 g/mol. The van der Waals surface area contributed by atoms with Crippen molar-refractivity contribution in [1.29, 1.82) is 0 Å². The highest BCUT2D eigenvalue weighted by Gasteiger charge is 2.32. The number of rotatable bonds is 3. The average Bonchev–Trinajstić information content (AvgIpc) is 3.18. The number of H-pyrrole nitrogens is 1. The molecule has 0 spiro atoms. The number of thiophene rings is 1. The van der Waals surface area contributed by atoms with E-state index in [9.17, 15) is 14.7 Å². The van der Waals surface area contributed by atoms with E-state index in [4.69, 9.17) is 4.98 Å². The summed E-state index contributed by atoms with van der Waals surface area (Å²) in [6.45, 7) is 5.48. The van der Waals surface area contributed by atoms with Crippen LogP contribution in [0.4, 0.5) is 0 Å². The minimum Gasteiger partial charge on any atom is -0.481 e. The fourth-order valence-electron chi connectivity index (χ4n) is 4.08. The molecule has 2 aliphatic rings. The Kier molecular flexibility index (Phi) is 5.42. The molecule has 142 valence electrons. The Labute approximate surface area is 162 Å². The number of aliphatic carboxylic acids is 1. The molecule has 4 rings (SSSR count). The first-order valence-corrected chi connectivity index (χ1v) is 9.77. The smallest absolute Gasteiger partial charge is 0.307 e. The third-order valence-electron chi connectivity index (χ3n) is 5.70. The number of halogens is 1. The molecule has 1 aliphatic carbocycles. The van der Waals surface area contributed by atoms with E-state index in [2.05, 4.69) is 16.8 Å². The molecular formula is C18H24ClN3O3S. The Morgan fingerprint density at radius 1 is 1.42 bits per heavy atom. The van der Waals surface area contributed by atoms with Crippen LogP contribution in [0.1, 0.15) is 49.0 Å². The summed E-state index contributed by atoms with van der Waals surface area (Å²) in [4.78, 5) is 35.8. The van der Waals surface area contributed by atoms with Gasteiger partial charge in [-0.2, -0.15) is 0 Å². The molecule has 2 aromatic rings. The van der Waals surface area contributed by atoms with Crippen LogP contribution in [0, 0.1) is 11.8 Å². The van der Waals surface area contributed by atoms with Gasteiger partial charge in [0.2, 0.25) is 0 Å². The van der Waals surface area contributed by atoms with Crippen LogP contribution in [-0.2, 0) is 17.6 Å². The zero-order valence-electron chi connectivity index (χ0n) is 14.9. The molecule has 26 heavy (non-hydrogen) atoms. The molecule has 1 fully saturated rings. The second kappa shape index (κ2) is 7.29. The summed E-state index contributed by atoms with van der Waals surface area (Å²) in [7, 11) is 0. The summed E-state index contributed by atoms with van der Waals surface area (Å²) in [6, 6.07) is -0.0838. The van der Waals surface area contributed by atoms with Crippen molar-refractivity contribution >= 4 is 39.9 Å². The molecule has 0 bridgehead atoms. The van der Waals surface area contributed by atoms with Crippen LogP contribution >= 0.6 is 23.7 Å². The maximum atomic E-state index is 12.7. The van der Waals surface area contributed by atoms with Gasteiger partial charge in [-0.15, -0.1) is 23.7 Å². The van der Waals surface area contributed by atoms with Gasteiger partial charge in [-0.05, 0) is 50.6 Å². The van der Waals surface area contributed by atoms with E-state index in [1.165, 1.54) is 10.4 Å². The molecule has 3 heterocycles. The predicted molar refractivity (Wildman–Crippen MR) is 104 cm³/mol. The molecule has 0 saturated carbocycles. The number of carboxylic acid groups (broad SMARTS) is 1. The minimum atomic E-state index is -0.744. The van der Waals surface area contributed by atoms with Crippen LogP contribution in [0.15, 0.2) is 4.79 Å². The summed E-state index contributed by atoms with van der Waals surface area (Å²) >= 11 is 1.65. The molecule has 3 atom stereocenters. The molecule has 6 nitrogen and oxygen atoms in total. The van der Waals surface area contributed by atoms with Gasteiger partial charge in [0.05, 0.1) is 17.3 Å². The third kappa shape index (κ3) is 3.28. The Hall–Kier alpha value is -1.44. The molecule has 3 unspecified atom stereocenters. The van der Waals surface area contributed by atoms with Crippen LogP contribution in [0.25, 0.3) is 10.2 Å². The van der Waals surface area contributed by atoms with Crippen molar-refractivity contribution in [3.05, 3.63) is 26.6 Å². The van der Waals surface area contributed by atoms with Crippen LogP contribution in [-0.4, -0.2) is 39.0 Å². The van der Waals surface area contributed by atoms with E-state index in [0.717, 1.165) is 36.0 Å². The fraction of sp³-hybridized carbons (Fsp3) is 0.611. The van der Waals surface area contributed by atoms with E-state index < -0.39 is 5.97 Å². The quantitative estimate of drug-likeness (QED) is 0.831. The second-order valence-corrected chi connectivity index (χ2v) is 8.56. The molecule has 8 heteroatoms. The van der Waals surface area contributed by atoms with Gasteiger partial charge in [0.15, 0.2) is 0 Å². The summed E-state index contributed by atoms with van der Waals surface area (Å²) in [5, 5.41) is 9.96. The normalized spacial score (nSPS) is 24.2. The lowest BCUT2D eigenvalue weighted by Crippen LogP contribution is -2.29. The lowest BCUT2D eigenvalue weighted by Gasteiger charge is -2.23. The number of fused-ring (bicyclic) bond motifs is 3. The number of aromatic amines is 1. The molecule has 0 amide bonds. The summed E-state index contributed by atoms with van der Waals surface area (Å²) in [6.07, 6.45) is 3.77. The fourth-order valence-corrected chi connectivity index (χ4v) is 5.47. The Balaban J connectivity index is 0.00000196. The van der Waals surface area contributed by atoms with Gasteiger partial charge in [0.1, 0.15) is 10.7 Å². The number of nitrogens with zero attached hydrogens (tertiary/aromatic N) is 2. The number of nitrogens with one attached hydrogen (secondary N) is 1. The molecule has 2 N–H and O–H groups in total. The number of carboxylic acids is 1.